The molecule has 0 saturated carbocycles. The van der Waals surface area contributed by atoms with E-state index in [0.717, 1.165) is 28.1 Å². The van der Waals surface area contributed by atoms with Crippen LogP contribution in [0.15, 0.2) is 33.3 Å². The molecule has 2 aromatic rings. The first kappa shape index (κ1) is 15.2. The number of hydrogen-bond donors (Lipinski definition) is 2. The molecule has 106 valence electrons. The number of rotatable bonds is 5. The van der Waals surface area contributed by atoms with Gasteiger partial charge in [0.1, 0.15) is 0 Å². The second-order valence-corrected chi connectivity index (χ2v) is 5.75. The summed E-state index contributed by atoms with van der Waals surface area (Å²) in [7, 11) is 0. The van der Waals surface area contributed by atoms with Crippen LogP contribution in [0.2, 0.25) is 0 Å². The summed E-state index contributed by atoms with van der Waals surface area (Å²) in [6.45, 7) is 2.78. The molecule has 0 bridgehead atoms. The molecule has 20 heavy (non-hydrogen) atoms. The predicted molar refractivity (Wildman–Crippen MR) is 85.9 cm³/mol. The largest absolute Gasteiger partial charge is 0.354 e. The smallest absolute Gasteiger partial charge is 0.224 e. The van der Waals surface area contributed by atoms with Gasteiger partial charge in [0, 0.05) is 15.5 Å². The third-order valence-electron chi connectivity index (χ3n) is 2.48. The van der Waals surface area contributed by atoms with Gasteiger partial charge in [-0.3, -0.25) is 0 Å². The summed E-state index contributed by atoms with van der Waals surface area (Å²) in [6, 6.07) is 5.61. The molecule has 0 amide bonds. The predicted octanol–water partition coefficient (Wildman–Crippen LogP) is 4.71. The summed E-state index contributed by atoms with van der Waals surface area (Å²) < 4.78 is 15.4. The summed E-state index contributed by atoms with van der Waals surface area (Å²) >= 11 is 6.83. The first-order chi connectivity index (χ1) is 9.61. The zero-order valence-electron chi connectivity index (χ0n) is 10.8. The maximum atomic E-state index is 13.8. The molecule has 7 heteroatoms. The van der Waals surface area contributed by atoms with Gasteiger partial charge in [-0.05, 0) is 50.4 Å². The Morgan fingerprint density at radius 2 is 1.95 bits per heavy atom. The van der Waals surface area contributed by atoms with Crippen molar-refractivity contribution >= 4 is 49.3 Å². The lowest BCUT2D eigenvalue weighted by Crippen LogP contribution is -2.07. The zero-order chi connectivity index (χ0) is 14.5. The Morgan fingerprint density at radius 3 is 2.60 bits per heavy atom. The summed E-state index contributed by atoms with van der Waals surface area (Å²) in [4.78, 5) is 8.04. The molecule has 0 radical (unpaired) electrons. The third kappa shape index (κ3) is 3.67. The highest BCUT2D eigenvalue weighted by Gasteiger charge is 2.11. The maximum absolute atomic E-state index is 13.8. The molecule has 0 saturated heterocycles. The van der Waals surface area contributed by atoms with Crippen LogP contribution in [-0.2, 0) is 0 Å². The lowest BCUT2D eigenvalue weighted by atomic mass is 10.3. The van der Waals surface area contributed by atoms with Crippen LogP contribution >= 0.6 is 31.9 Å². The molecule has 0 spiro atoms. The van der Waals surface area contributed by atoms with E-state index in [1.54, 1.807) is 0 Å². The zero-order valence-corrected chi connectivity index (χ0v) is 13.9. The quantitative estimate of drug-likeness (QED) is 0.759. The molecule has 1 aromatic heterocycles. The van der Waals surface area contributed by atoms with E-state index in [1.165, 1.54) is 0 Å². The number of hydrogen-bond acceptors (Lipinski definition) is 4. The Balaban J connectivity index is 2.28. The van der Waals surface area contributed by atoms with E-state index < -0.39 is 5.82 Å². The molecular weight excluding hydrogens is 391 g/mol. The fourth-order valence-corrected chi connectivity index (χ4v) is 2.71. The molecule has 0 atom stereocenters. The van der Waals surface area contributed by atoms with Gasteiger partial charge in [-0.25, -0.2) is 9.37 Å². The van der Waals surface area contributed by atoms with Gasteiger partial charge in [0.05, 0.1) is 11.9 Å². The number of benzene rings is 1. The lowest BCUT2D eigenvalue weighted by molar-refractivity contribution is 0.619. The molecule has 0 aliphatic heterocycles. The van der Waals surface area contributed by atoms with E-state index >= 15 is 0 Å². The normalized spacial score (nSPS) is 10.4. The minimum atomic E-state index is -0.505. The van der Waals surface area contributed by atoms with Crippen molar-refractivity contribution in [1.82, 2.24) is 9.97 Å². The number of anilines is 3. The van der Waals surface area contributed by atoms with E-state index in [4.69, 9.17) is 0 Å². The number of nitrogens with one attached hydrogen (secondary N) is 2. The molecule has 0 aliphatic rings. The van der Waals surface area contributed by atoms with E-state index in [2.05, 4.69) is 52.5 Å². The van der Waals surface area contributed by atoms with Gasteiger partial charge >= 0.3 is 0 Å². The van der Waals surface area contributed by atoms with Crippen LogP contribution < -0.4 is 10.6 Å². The number of para-hydroxylation sites is 1. The van der Waals surface area contributed by atoms with E-state index in [1.807, 2.05) is 25.1 Å². The van der Waals surface area contributed by atoms with Crippen LogP contribution in [0.1, 0.15) is 13.3 Å². The number of aromatic nitrogens is 2. The summed E-state index contributed by atoms with van der Waals surface area (Å²) in [6.07, 6.45) is 2.09. The minimum Gasteiger partial charge on any atom is -0.354 e. The van der Waals surface area contributed by atoms with Crippen LogP contribution in [0.5, 0.6) is 0 Å². The standard InChI is InChI=1S/C13H13Br2FN4/c1-2-6-17-13-18-7-10(16)12(20-13)19-11-8(14)4-3-5-9(11)15/h3-5,7H,2,6H2,1H3,(H2,17,18,19,20). The van der Waals surface area contributed by atoms with E-state index in [-0.39, 0.29) is 5.82 Å². The van der Waals surface area contributed by atoms with Crippen LogP contribution in [0.3, 0.4) is 0 Å². The average molecular weight is 404 g/mol. The van der Waals surface area contributed by atoms with E-state index in [9.17, 15) is 4.39 Å². The van der Waals surface area contributed by atoms with Crippen molar-refractivity contribution in [3.05, 3.63) is 39.2 Å². The molecule has 0 fully saturated rings. The fourth-order valence-electron chi connectivity index (χ4n) is 1.51. The Kier molecular flexibility index (Phi) is 5.31. The fraction of sp³-hybridized carbons (Fsp3) is 0.231. The highest BCUT2D eigenvalue weighted by Crippen LogP contribution is 2.33. The Bertz CT molecular complexity index is 587. The van der Waals surface area contributed by atoms with Gasteiger partial charge in [0.2, 0.25) is 5.95 Å². The molecule has 1 aromatic carbocycles. The summed E-state index contributed by atoms with van der Waals surface area (Å²) in [5.41, 5.74) is 0.714. The second kappa shape index (κ2) is 6.99. The van der Waals surface area contributed by atoms with Gasteiger partial charge in [-0.1, -0.05) is 13.0 Å². The van der Waals surface area contributed by atoms with Crippen molar-refractivity contribution in [1.29, 1.82) is 0 Å². The lowest BCUT2D eigenvalue weighted by Gasteiger charge is -2.11. The van der Waals surface area contributed by atoms with Crippen molar-refractivity contribution < 1.29 is 4.39 Å². The highest BCUT2D eigenvalue weighted by atomic mass is 79.9. The van der Waals surface area contributed by atoms with Crippen LogP contribution in [0, 0.1) is 5.82 Å². The van der Waals surface area contributed by atoms with Crippen LogP contribution in [0.4, 0.5) is 21.8 Å². The molecule has 0 unspecified atom stereocenters. The van der Waals surface area contributed by atoms with Crippen molar-refractivity contribution in [3.8, 4) is 0 Å². The van der Waals surface area contributed by atoms with Crippen molar-refractivity contribution in [2.24, 2.45) is 0 Å². The Hall–Kier alpha value is -1.21. The summed E-state index contributed by atoms with van der Waals surface area (Å²) in [5.74, 6) is 0.0276. The van der Waals surface area contributed by atoms with Crippen LogP contribution in [0.25, 0.3) is 0 Å². The van der Waals surface area contributed by atoms with Gasteiger partial charge in [0.15, 0.2) is 11.6 Å². The van der Waals surface area contributed by atoms with E-state index in [0.29, 0.717) is 11.6 Å². The highest BCUT2D eigenvalue weighted by molar-refractivity contribution is 9.11. The van der Waals surface area contributed by atoms with Crippen LogP contribution in [-0.4, -0.2) is 16.5 Å². The average Bonchev–Trinajstić information content (AvgIpc) is 2.43. The monoisotopic (exact) mass is 402 g/mol. The maximum Gasteiger partial charge on any atom is 0.224 e. The third-order valence-corrected chi connectivity index (χ3v) is 3.81. The molecule has 4 nitrogen and oxygen atoms in total. The van der Waals surface area contributed by atoms with Gasteiger partial charge in [-0.15, -0.1) is 0 Å². The van der Waals surface area contributed by atoms with Gasteiger partial charge in [-0.2, -0.15) is 4.98 Å². The topological polar surface area (TPSA) is 49.8 Å². The SMILES string of the molecule is CCCNc1ncc(F)c(Nc2c(Br)cccc2Br)n1. The number of halogens is 3. The summed E-state index contributed by atoms with van der Waals surface area (Å²) in [5, 5.41) is 5.99. The Morgan fingerprint density at radius 1 is 1.25 bits per heavy atom. The minimum absolute atomic E-state index is 0.131. The van der Waals surface area contributed by atoms with Crippen molar-refractivity contribution in [3.63, 3.8) is 0 Å². The first-order valence-electron chi connectivity index (χ1n) is 6.09. The van der Waals surface area contributed by atoms with Gasteiger partial charge < -0.3 is 10.6 Å². The van der Waals surface area contributed by atoms with Crippen molar-refractivity contribution in [2.75, 3.05) is 17.2 Å². The molecule has 2 rings (SSSR count). The van der Waals surface area contributed by atoms with Gasteiger partial charge in [0.25, 0.3) is 0 Å². The molecule has 0 aliphatic carbocycles. The Labute approximate surface area is 133 Å². The first-order valence-corrected chi connectivity index (χ1v) is 7.68. The molecule has 2 N–H and O–H groups in total. The molecule has 1 heterocycles. The second-order valence-electron chi connectivity index (χ2n) is 4.04. The molecular formula is C13H13Br2FN4. The van der Waals surface area contributed by atoms with Crippen molar-refractivity contribution in [2.45, 2.75) is 13.3 Å². The number of nitrogens with zero attached hydrogens (tertiary/aromatic N) is 2.